The molecule has 1 aromatic heterocycles. The molecule has 0 saturated carbocycles. The molecule has 3 nitrogen and oxygen atoms in total. The predicted molar refractivity (Wildman–Crippen MR) is 70.4 cm³/mol. The van der Waals surface area contributed by atoms with Gasteiger partial charge in [0.1, 0.15) is 0 Å². The molecular weight excluding hydrogens is 226 g/mol. The highest BCUT2D eigenvalue weighted by Gasteiger charge is 2.09. The van der Waals surface area contributed by atoms with Gasteiger partial charge in [0.05, 0.1) is 5.52 Å². The lowest BCUT2D eigenvalue weighted by Gasteiger charge is -2.11. The van der Waals surface area contributed by atoms with Crippen LogP contribution in [-0.2, 0) is 11.3 Å². The van der Waals surface area contributed by atoms with Crippen LogP contribution >= 0.6 is 0 Å². The first-order valence-corrected chi connectivity index (χ1v) is 6.26. The second-order valence-corrected chi connectivity index (χ2v) is 4.87. The standard InChI is InChI=1S/C15H19NO2/c1-10-6-7-11(2)15-13(10)9-12(3)16(15)8-4-5-14(17)18/h6-7,9H,4-5,8H2,1-3H3,(H,17,18)/p-1. The number of carbonyl (C=O) groups excluding carboxylic acids is 1. The van der Waals surface area contributed by atoms with Gasteiger partial charge in [0, 0.05) is 23.6 Å². The van der Waals surface area contributed by atoms with Gasteiger partial charge in [-0.2, -0.15) is 0 Å². The van der Waals surface area contributed by atoms with E-state index in [1.807, 2.05) is 0 Å². The first-order chi connectivity index (χ1) is 8.50. The summed E-state index contributed by atoms with van der Waals surface area (Å²) in [5.74, 6) is -0.975. The van der Waals surface area contributed by atoms with E-state index in [0.717, 1.165) is 6.54 Å². The number of aliphatic carboxylic acids is 1. The minimum Gasteiger partial charge on any atom is -0.550 e. The molecule has 0 bridgehead atoms. The van der Waals surface area contributed by atoms with Gasteiger partial charge in [0.15, 0.2) is 0 Å². The minimum absolute atomic E-state index is 0.115. The van der Waals surface area contributed by atoms with Crippen molar-refractivity contribution in [2.24, 2.45) is 0 Å². The molecule has 96 valence electrons. The molecule has 0 aliphatic rings. The van der Waals surface area contributed by atoms with Crippen LogP contribution in [0.3, 0.4) is 0 Å². The average Bonchev–Trinajstić information content (AvgIpc) is 2.63. The molecule has 0 amide bonds. The Bertz CT molecular complexity index is 596. The molecule has 1 aromatic carbocycles. The molecule has 0 atom stereocenters. The maximum absolute atomic E-state index is 10.5. The number of carboxylic acids is 1. The molecule has 0 unspecified atom stereocenters. The molecule has 3 heteroatoms. The van der Waals surface area contributed by atoms with Crippen molar-refractivity contribution in [3.05, 3.63) is 35.0 Å². The second-order valence-electron chi connectivity index (χ2n) is 4.87. The Morgan fingerprint density at radius 1 is 1.22 bits per heavy atom. The van der Waals surface area contributed by atoms with Crippen LogP contribution in [0.2, 0.25) is 0 Å². The van der Waals surface area contributed by atoms with E-state index in [1.165, 1.54) is 27.7 Å². The Hall–Kier alpha value is -1.77. The highest BCUT2D eigenvalue weighted by Crippen LogP contribution is 2.26. The molecule has 1 heterocycles. The number of carboxylic acid groups (broad SMARTS) is 1. The van der Waals surface area contributed by atoms with Gasteiger partial charge in [-0.3, -0.25) is 0 Å². The molecule has 0 saturated heterocycles. The fourth-order valence-corrected chi connectivity index (χ4v) is 2.49. The summed E-state index contributed by atoms with van der Waals surface area (Å²) in [5, 5.41) is 11.7. The smallest absolute Gasteiger partial charge is 0.0514 e. The van der Waals surface area contributed by atoms with Crippen molar-refractivity contribution in [2.45, 2.75) is 40.2 Å². The van der Waals surface area contributed by atoms with Crippen LogP contribution in [0.5, 0.6) is 0 Å². The Labute approximate surface area is 107 Å². The lowest BCUT2D eigenvalue weighted by atomic mass is 10.1. The van der Waals surface area contributed by atoms with Crippen molar-refractivity contribution >= 4 is 16.9 Å². The van der Waals surface area contributed by atoms with Crippen molar-refractivity contribution in [3.63, 3.8) is 0 Å². The van der Waals surface area contributed by atoms with Gasteiger partial charge in [-0.25, -0.2) is 0 Å². The Morgan fingerprint density at radius 2 is 1.89 bits per heavy atom. The number of benzene rings is 1. The van der Waals surface area contributed by atoms with Crippen LogP contribution in [-0.4, -0.2) is 10.5 Å². The zero-order valence-corrected chi connectivity index (χ0v) is 11.1. The van der Waals surface area contributed by atoms with Crippen molar-refractivity contribution < 1.29 is 9.90 Å². The summed E-state index contributed by atoms with van der Waals surface area (Å²) in [4.78, 5) is 10.5. The van der Waals surface area contributed by atoms with E-state index >= 15 is 0 Å². The van der Waals surface area contributed by atoms with Crippen molar-refractivity contribution in [2.75, 3.05) is 0 Å². The van der Waals surface area contributed by atoms with Crippen molar-refractivity contribution in [1.29, 1.82) is 0 Å². The largest absolute Gasteiger partial charge is 0.550 e. The number of carbonyl (C=O) groups is 1. The minimum atomic E-state index is -0.975. The lowest BCUT2D eigenvalue weighted by Crippen LogP contribution is -2.22. The summed E-state index contributed by atoms with van der Waals surface area (Å²) in [6.45, 7) is 6.99. The quantitative estimate of drug-likeness (QED) is 0.826. The number of nitrogens with zero attached hydrogens (tertiary/aromatic N) is 1. The van der Waals surface area contributed by atoms with Crippen LogP contribution < -0.4 is 5.11 Å². The number of aromatic nitrogens is 1. The fourth-order valence-electron chi connectivity index (χ4n) is 2.49. The van der Waals surface area contributed by atoms with E-state index < -0.39 is 5.97 Å². The Balaban J connectivity index is 2.40. The zero-order valence-electron chi connectivity index (χ0n) is 11.1. The molecule has 2 aromatic rings. The van der Waals surface area contributed by atoms with Gasteiger partial charge in [-0.05, 0) is 50.8 Å². The van der Waals surface area contributed by atoms with Gasteiger partial charge in [0.2, 0.25) is 0 Å². The van der Waals surface area contributed by atoms with Crippen LogP contribution in [0.4, 0.5) is 0 Å². The van der Waals surface area contributed by atoms with Gasteiger partial charge in [-0.15, -0.1) is 0 Å². The van der Waals surface area contributed by atoms with E-state index in [9.17, 15) is 9.90 Å². The summed E-state index contributed by atoms with van der Waals surface area (Å²) in [6.07, 6.45) is 0.726. The normalized spacial score (nSPS) is 11.1. The zero-order chi connectivity index (χ0) is 13.3. The van der Waals surface area contributed by atoms with Crippen LogP contribution in [0.15, 0.2) is 18.2 Å². The number of fused-ring (bicyclic) bond motifs is 1. The fraction of sp³-hybridized carbons (Fsp3) is 0.400. The highest BCUT2D eigenvalue weighted by molar-refractivity contribution is 5.87. The van der Waals surface area contributed by atoms with E-state index in [-0.39, 0.29) is 6.42 Å². The predicted octanol–water partition coefficient (Wildman–Crippen LogP) is 2.10. The lowest BCUT2D eigenvalue weighted by molar-refractivity contribution is -0.305. The van der Waals surface area contributed by atoms with Crippen LogP contribution in [0, 0.1) is 20.8 Å². The van der Waals surface area contributed by atoms with E-state index in [0.29, 0.717) is 6.42 Å². The molecular formula is C15H18NO2-. The van der Waals surface area contributed by atoms with E-state index in [2.05, 4.69) is 43.5 Å². The molecule has 0 aliphatic heterocycles. The molecule has 18 heavy (non-hydrogen) atoms. The molecule has 0 fully saturated rings. The summed E-state index contributed by atoms with van der Waals surface area (Å²) < 4.78 is 2.21. The summed E-state index contributed by atoms with van der Waals surface area (Å²) in [6, 6.07) is 6.42. The Kier molecular flexibility index (Phi) is 3.41. The van der Waals surface area contributed by atoms with E-state index in [4.69, 9.17) is 0 Å². The van der Waals surface area contributed by atoms with Crippen molar-refractivity contribution in [1.82, 2.24) is 4.57 Å². The summed E-state index contributed by atoms with van der Waals surface area (Å²) in [5.41, 5.74) is 4.90. The van der Waals surface area contributed by atoms with Gasteiger partial charge in [-0.1, -0.05) is 12.1 Å². The SMILES string of the molecule is Cc1ccc(C)c2c1cc(C)n2CCCC(=O)[O-]. The topological polar surface area (TPSA) is 45.1 Å². The second kappa shape index (κ2) is 4.84. The van der Waals surface area contributed by atoms with E-state index in [1.54, 1.807) is 0 Å². The molecule has 0 N–H and O–H groups in total. The first-order valence-electron chi connectivity index (χ1n) is 6.26. The van der Waals surface area contributed by atoms with Gasteiger partial charge >= 0.3 is 0 Å². The Morgan fingerprint density at radius 3 is 2.56 bits per heavy atom. The maximum Gasteiger partial charge on any atom is 0.0514 e. The van der Waals surface area contributed by atoms with Crippen LogP contribution in [0.25, 0.3) is 10.9 Å². The number of aryl methyl sites for hydroxylation is 4. The third kappa shape index (κ3) is 2.26. The van der Waals surface area contributed by atoms with Crippen LogP contribution in [0.1, 0.15) is 29.7 Å². The number of hydrogen-bond donors (Lipinski definition) is 0. The third-order valence-corrected chi connectivity index (χ3v) is 3.45. The molecule has 0 spiro atoms. The average molecular weight is 244 g/mol. The van der Waals surface area contributed by atoms with Gasteiger partial charge in [0.25, 0.3) is 0 Å². The monoisotopic (exact) mass is 244 g/mol. The molecule has 0 radical (unpaired) electrons. The van der Waals surface area contributed by atoms with Crippen molar-refractivity contribution in [3.8, 4) is 0 Å². The summed E-state index contributed by atoms with van der Waals surface area (Å²) in [7, 11) is 0. The summed E-state index contributed by atoms with van der Waals surface area (Å²) >= 11 is 0. The van der Waals surface area contributed by atoms with Gasteiger partial charge < -0.3 is 14.5 Å². The highest BCUT2D eigenvalue weighted by atomic mass is 16.4. The number of rotatable bonds is 4. The number of hydrogen-bond acceptors (Lipinski definition) is 2. The maximum atomic E-state index is 10.5. The third-order valence-electron chi connectivity index (χ3n) is 3.45. The first kappa shape index (κ1) is 12.7. The molecule has 2 rings (SSSR count). The molecule has 0 aliphatic carbocycles.